The predicted molar refractivity (Wildman–Crippen MR) is 37.8 cm³/mol. The highest BCUT2D eigenvalue weighted by Gasteiger charge is 2.05. The van der Waals surface area contributed by atoms with Crippen LogP contribution >= 0.6 is 11.3 Å². The lowest BCUT2D eigenvalue weighted by atomic mass is 10.3. The van der Waals surface area contributed by atoms with E-state index in [-0.39, 0.29) is 0 Å². The molecule has 1 aromatic heterocycles. The van der Waals surface area contributed by atoms with Crippen LogP contribution in [0, 0.1) is 0 Å². The molecule has 1 nitrogen and oxygen atoms in total. The van der Waals surface area contributed by atoms with Crippen molar-refractivity contribution < 1.29 is 4.74 Å². The molecule has 0 fully saturated rings. The van der Waals surface area contributed by atoms with E-state index in [2.05, 4.69) is 5.38 Å². The Bertz CT molecular complexity index is 214. The second kappa shape index (κ2) is 1.88. The third kappa shape index (κ3) is 0.754. The molecule has 0 radical (unpaired) electrons. The van der Waals surface area contributed by atoms with Gasteiger partial charge < -0.3 is 4.74 Å². The first kappa shape index (κ1) is 5.06. The second-order valence-corrected chi connectivity index (χ2v) is 2.90. The number of allylic oxidation sites excluding steroid dienone is 1. The molecule has 2 heteroatoms. The van der Waals surface area contributed by atoms with E-state index in [1.165, 1.54) is 4.88 Å². The molecule has 0 unspecified atom stereocenters. The molecule has 0 atom stereocenters. The molecule has 9 heavy (non-hydrogen) atoms. The van der Waals surface area contributed by atoms with Gasteiger partial charge in [-0.25, -0.2) is 0 Å². The highest BCUT2D eigenvalue weighted by Crippen LogP contribution is 2.27. The standard InChI is InChI=1S/C7H6OS/c1-2-7-6(8-4-1)3-5-9-7/h1,3-5H,2H2. The molecule has 0 saturated carbocycles. The summed E-state index contributed by atoms with van der Waals surface area (Å²) in [5.74, 6) is 1.03. The maximum atomic E-state index is 5.19. The van der Waals surface area contributed by atoms with Crippen molar-refractivity contribution in [2.75, 3.05) is 0 Å². The molecule has 0 aliphatic carbocycles. The molecular weight excluding hydrogens is 132 g/mol. The van der Waals surface area contributed by atoms with Crippen molar-refractivity contribution in [3.63, 3.8) is 0 Å². The molecule has 0 aromatic carbocycles. The number of thiophene rings is 1. The smallest absolute Gasteiger partial charge is 0.140 e. The average Bonchev–Trinajstić information content (AvgIpc) is 2.33. The van der Waals surface area contributed by atoms with Gasteiger partial charge >= 0.3 is 0 Å². The summed E-state index contributed by atoms with van der Waals surface area (Å²) in [6.07, 6.45) is 4.81. The Morgan fingerprint density at radius 2 is 2.56 bits per heavy atom. The molecule has 0 saturated heterocycles. The summed E-state index contributed by atoms with van der Waals surface area (Å²) in [5.41, 5.74) is 0. The van der Waals surface area contributed by atoms with E-state index in [0.29, 0.717) is 0 Å². The molecule has 1 aliphatic heterocycles. The summed E-state index contributed by atoms with van der Waals surface area (Å²) in [6, 6.07) is 2.00. The second-order valence-electron chi connectivity index (χ2n) is 1.90. The fourth-order valence-corrected chi connectivity index (χ4v) is 1.64. The van der Waals surface area contributed by atoms with Crippen LogP contribution < -0.4 is 4.74 Å². The van der Waals surface area contributed by atoms with E-state index in [1.807, 2.05) is 12.1 Å². The minimum atomic E-state index is 1.03. The van der Waals surface area contributed by atoms with Crippen LogP contribution in [0.4, 0.5) is 0 Å². The normalized spacial score (nSPS) is 14.7. The van der Waals surface area contributed by atoms with Gasteiger partial charge in [0, 0.05) is 6.42 Å². The van der Waals surface area contributed by atoms with Gasteiger partial charge in [-0.1, -0.05) is 0 Å². The van der Waals surface area contributed by atoms with Crippen molar-refractivity contribution in [2.24, 2.45) is 0 Å². The monoisotopic (exact) mass is 138 g/mol. The van der Waals surface area contributed by atoms with Gasteiger partial charge in [0.1, 0.15) is 5.75 Å². The molecule has 2 rings (SSSR count). The first-order valence-electron chi connectivity index (χ1n) is 2.85. The molecule has 0 spiro atoms. The maximum absolute atomic E-state index is 5.19. The number of hydrogen-bond donors (Lipinski definition) is 0. The quantitative estimate of drug-likeness (QED) is 0.534. The number of fused-ring (bicyclic) bond motifs is 1. The first-order chi connectivity index (χ1) is 4.47. The van der Waals surface area contributed by atoms with E-state index >= 15 is 0 Å². The zero-order valence-electron chi connectivity index (χ0n) is 4.83. The van der Waals surface area contributed by atoms with Crippen molar-refractivity contribution in [1.29, 1.82) is 0 Å². The van der Waals surface area contributed by atoms with Crippen LogP contribution in [-0.4, -0.2) is 0 Å². The van der Waals surface area contributed by atoms with Gasteiger partial charge in [0.05, 0.1) is 11.1 Å². The van der Waals surface area contributed by atoms with Gasteiger partial charge in [-0.15, -0.1) is 11.3 Å². The number of rotatable bonds is 0. The van der Waals surface area contributed by atoms with Gasteiger partial charge in [-0.3, -0.25) is 0 Å². The van der Waals surface area contributed by atoms with Crippen LogP contribution in [0.1, 0.15) is 4.88 Å². The van der Waals surface area contributed by atoms with E-state index in [9.17, 15) is 0 Å². The average molecular weight is 138 g/mol. The molecule has 0 N–H and O–H groups in total. The van der Waals surface area contributed by atoms with Crippen molar-refractivity contribution in [2.45, 2.75) is 6.42 Å². The van der Waals surface area contributed by atoms with Crippen LogP contribution in [0.3, 0.4) is 0 Å². The summed E-state index contributed by atoms with van der Waals surface area (Å²) < 4.78 is 5.19. The van der Waals surface area contributed by atoms with E-state index in [0.717, 1.165) is 12.2 Å². The third-order valence-electron chi connectivity index (χ3n) is 1.30. The van der Waals surface area contributed by atoms with Gasteiger partial charge in [0.25, 0.3) is 0 Å². The lowest BCUT2D eigenvalue weighted by Gasteiger charge is -2.03. The highest BCUT2D eigenvalue weighted by molar-refractivity contribution is 7.10. The maximum Gasteiger partial charge on any atom is 0.140 e. The van der Waals surface area contributed by atoms with Crippen LogP contribution in [0.2, 0.25) is 0 Å². The molecule has 1 aromatic rings. The van der Waals surface area contributed by atoms with Gasteiger partial charge in [-0.05, 0) is 17.5 Å². The number of ether oxygens (including phenoxy) is 1. The SMILES string of the molecule is C1=COc2ccsc2C1. The largest absolute Gasteiger partial charge is 0.464 e. The van der Waals surface area contributed by atoms with Gasteiger partial charge in [-0.2, -0.15) is 0 Å². The molecule has 1 aliphatic rings. The van der Waals surface area contributed by atoms with Crippen LogP contribution in [0.25, 0.3) is 0 Å². The fraction of sp³-hybridized carbons (Fsp3) is 0.143. The summed E-state index contributed by atoms with van der Waals surface area (Å²) in [7, 11) is 0. The van der Waals surface area contributed by atoms with Crippen molar-refractivity contribution >= 4 is 11.3 Å². The zero-order chi connectivity index (χ0) is 6.10. The van der Waals surface area contributed by atoms with Crippen LogP contribution in [0.15, 0.2) is 23.8 Å². The summed E-state index contributed by atoms with van der Waals surface area (Å²) in [6.45, 7) is 0. The lowest BCUT2D eigenvalue weighted by molar-refractivity contribution is 0.468. The van der Waals surface area contributed by atoms with Crippen LogP contribution in [-0.2, 0) is 6.42 Å². The van der Waals surface area contributed by atoms with E-state index < -0.39 is 0 Å². The molecular formula is C7H6OS. The zero-order valence-corrected chi connectivity index (χ0v) is 5.65. The summed E-state index contributed by atoms with van der Waals surface area (Å²) >= 11 is 1.75. The van der Waals surface area contributed by atoms with Gasteiger partial charge in [0.2, 0.25) is 0 Å². The van der Waals surface area contributed by atoms with E-state index in [1.54, 1.807) is 17.6 Å². The molecule has 0 amide bonds. The summed E-state index contributed by atoms with van der Waals surface area (Å²) in [5, 5.41) is 2.05. The molecule has 2 heterocycles. The van der Waals surface area contributed by atoms with Gasteiger partial charge in [0.15, 0.2) is 0 Å². The van der Waals surface area contributed by atoms with Crippen molar-refractivity contribution in [3.05, 3.63) is 28.7 Å². The van der Waals surface area contributed by atoms with Crippen LogP contribution in [0.5, 0.6) is 5.75 Å². The van der Waals surface area contributed by atoms with E-state index in [4.69, 9.17) is 4.74 Å². The Labute approximate surface area is 57.6 Å². The van der Waals surface area contributed by atoms with Crippen molar-refractivity contribution in [1.82, 2.24) is 0 Å². The number of hydrogen-bond acceptors (Lipinski definition) is 2. The Balaban J connectivity index is 2.46. The predicted octanol–water partition coefficient (Wildman–Crippen LogP) is 2.20. The fourth-order valence-electron chi connectivity index (χ4n) is 0.859. The Hall–Kier alpha value is -0.760. The first-order valence-corrected chi connectivity index (χ1v) is 3.73. The van der Waals surface area contributed by atoms with Crippen molar-refractivity contribution in [3.8, 4) is 5.75 Å². The highest BCUT2D eigenvalue weighted by atomic mass is 32.1. The summed E-state index contributed by atoms with van der Waals surface area (Å²) in [4.78, 5) is 1.33. The molecule has 46 valence electrons. The third-order valence-corrected chi connectivity index (χ3v) is 2.22. The Morgan fingerprint density at radius 1 is 1.56 bits per heavy atom. The minimum Gasteiger partial charge on any atom is -0.464 e. The Kier molecular flexibility index (Phi) is 1.06. The minimum absolute atomic E-state index is 1.03. The molecule has 0 bridgehead atoms. The topological polar surface area (TPSA) is 9.23 Å². The Morgan fingerprint density at radius 3 is 3.44 bits per heavy atom. The lowest BCUT2D eigenvalue weighted by Crippen LogP contribution is -1.89.